The van der Waals surface area contributed by atoms with E-state index in [9.17, 15) is 18.0 Å². The fourth-order valence-electron chi connectivity index (χ4n) is 2.92. The molecule has 14 heteroatoms. The van der Waals surface area contributed by atoms with E-state index in [1.165, 1.54) is 40.9 Å². The van der Waals surface area contributed by atoms with Gasteiger partial charge in [-0.05, 0) is 56.8 Å². The molecular formula is C16H21BrFN7O4S. The quantitative estimate of drug-likeness (QED) is 0.293. The average Bonchev–Trinajstić information content (AvgIpc) is 3.36. The Labute approximate surface area is 181 Å². The molecule has 0 saturated carbocycles. The third kappa shape index (κ3) is 4.95. The maximum absolute atomic E-state index is 13.4. The van der Waals surface area contributed by atoms with E-state index < -0.39 is 16.0 Å². The molecule has 11 nitrogen and oxygen atoms in total. The van der Waals surface area contributed by atoms with Crippen molar-refractivity contribution in [1.82, 2.24) is 24.4 Å². The van der Waals surface area contributed by atoms with Gasteiger partial charge in [-0.2, -0.15) is 17.0 Å². The van der Waals surface area contributed by atoms with Gasteiger partial charge in [0.1, 0.15) is 5.82 Å². The number of amidine groups is 1. The number of benzene rings is 1. The van der Waals surface area contributed by atoms with E-state index >= 15 is 0 Å². The predicted molar refractivity (Wildman–Crippen MR) is 110 cm³/mol. The first-order valence-corrected chi connectivity index (χ1v) is 11.1. The number of hydrogen-bond acceptors (Lipinski definition) is 8. The fourth-order valence-corrected chi connectivity index (χ4v) is 4.48. The smallest absolute Gasteiger partial charge is 0.281 e. The summed E-state index contributed by atoms with van der Waals surface area (Å²) in [6.07, 6.45) is 0.684. The van der Waals surface area contributed by atoms with Crippen LogP contribution in [0.25, 0.3) is 0 Å². The lowest BCUT2D eigenvalue weighted by molar-refractivity contribution is 0.234. The highest BCUT2D eigenvalue weighted by Gasteiger charge is 2.33. The molecular weight excluding hydrogens is 485 g/mol. The minimum absolute atomic E-state index is 0.0551. The first-order chi connectivity index (χ1) is 14.2. The van der Waals surface area contributed by atoms with Crippen molar-refractivity contribution in [2.75, 3.05) is 39.0 Å². The van der Waals surface area contributed by atoms with Crippen molar-refractivity contribution in [1.29, 1.82) is 0 Å². The molecule has 1 aromatic heterocycles. The SMILES string of the molecule is CN(C)S(=O)(=O)N1CC[C@@H](CNc2nonc2C(=Nc2ccc(F)c(Br)c2)NO)C1. The molecule has 2 heterocycles. The highest BCUT2D eigenvalue weighted by Crippen LogP contribution is 2.24. The van der Waals surface area contributed by atoms with Crippen molar-refractivity contribution in [3.63, 3.8) is 0 Å². The second-order valence-electron chi connectivity index (χ2n) is 6.82. The average molecular weight is 506 g/mol. The van der Waals surface area contributed by atoms with Gasteiger partial charge >= 0.3 is 0 Å². The number of nitrogens with one attached hydrogen (secondary N) is 2. The van der Waals surface area contributed by atoms with Crippen LogP contribution in [0.15, 0.2) is 32.3 Å². The summed E-state index contributed by atoms with van der Waals surface area (Å²) in [4.78, 5) is 4.19. The zero-order valence-corrected chi connectivity index (χ0v) is 18.6. The summed E-state index contributed by atoms with van der Waals surface area (Å²) in [5, 5.41) is 20.1. The zero-order valence-electron chi connectivity index (χ0n) is 16.2. The molecule has 1 aliphatic rings. The molecule has 0 radical (unpaired) electrons. The van der Waals surface area contributed by atoms with Crippen LogP contribution in [0, 0.1) is 11.7 Å². The molecule has 0 unspecified atom stereocenters. The van der Waals surface area contributed by atoms with Crippen molar-refractivity contribution in [2.45, 2.75) is 6.42 Å². The molecule has 0 bridgehead atoms. The number of halogens is 2. The molecule has 30 heavy (non-hydrogen) atoms. The van der Waals surface area contributed by atoms with Crippen LogP contribution >= 0.6 is 15.9 Å². The highest BCUT2D eigenvalue weighted by molar-refractivity contribution is 9.10. The Balaban J connectivity index is 1.69. The van der Waals surface area contributed by atoms with E-state index in [0.717, 1.165) is 0 Å². The van der Waals surface area contributed by atoms with E-state index in [4.69, 9.17) is 4.63 Å². The van der Waals surface area contributed by atoms with E-state index in [-0.39, 0.29) is 27.7 Å². The van der Waals surface area contributed by atoms with Gasteiger partial charge in [0.2, 0.25) is 5.82 Å². The largest absolute Gasteiger partial charge is 0.365 e. The van der Waals surface area contributed by atoms with Crippen LogP contribution in [-0.4, -0.2) is 72.1 Å². The Morgan fingerprint density at radius 1 is 1.47 bits per heavy atom. The fraction of sp³-hybridized carbons (Fsp3) is 0.438. The normalized spacial score (nSPS) is 18.2. The lowest BCUT2D eigenvalue weighted by atomic mass is 10.1. The van der Waals surface area contributed by atoms with E-state index in [0.29, 0.717) is 31.7 Å². The van der Waals surface area contributed by atoms with Crippen LogP contribution in [0.1, 0.15) is 12.1 Å². The number of anilines is 1. The molecule has 0 spiro atoms. The lowest BCUT2D eigenvalue weighted by Crippen LogP contribution is -2.38. The summed E-state index contributed by atoms with van der Waals surface area (Å²) in [5.41, 5.74) is 2.42. The van der Waals surface area contributed by atoms with Crippen molar-refractivity contribution >= 4 is 43.5 Å². The zero-order chi connectivity index (χ0) is 21.9. The van der Waals surface area contributed by atoms with Crippen LogP contribution in [-0.2, 0) is 10.2 Å². The summed E-state index contributed by atoms with van der Waals surface area (Å²) in [7, 11) is -0.455. The summed E-state index contributed by atoms with van der Waals surface area (Å²) < 4.78 is 45.4. The molecule has 164 valence electrons. The summed E-state index contributed by atoms with van der Waals surface area (Å²) in [5.74, 6) is -0.217. The molecule has 2 aromatic rings. The minimum Gasteiger partial charge on any atom is -0.365 e. The van der Waals surface area contributed by atoms with Crippen LogP contribution in [0.5, 0.6) is 0 Å². The first kappa shape index (κ1) is 22.6. The Bertz CT molecular complexity index is 1030. The van der Waals surface area contributed by atoms with E-state index in [1.807, 2.05) is 5.48 Å². The minimum atomic E-state index is -3.45. The van der Waals surface area contributed by atoms with Crippen molar-refractivity contribution < 1.29 is 22.6 Å². The van der Waals surface area contributed by atoms with Crippen LogP contribution < -0.4 is 10.8 Å². The number of hydroxylamine groups is 1. The highest BCUT2D eigenvalue weighted by atomic mass is 79.9. The number of hydrogen-bond donors (Lipinski definition) is 3. The van der Waals surface area contributed by atoms with Crippen LogP contribution in [0.4, 0.5) is 15.9 Å². The van der Waals surface area contributed by atoms with E-state index in [1.54, 1.807) is 0 Å². The monoisotopic (exact) mass is 505 g/mol. The summed E-state index contributed by atoms with van der Waals surface area (Å²) >= 11 is 3.08. The summed E-state index contributed by atoms with van der Waals surface area (Å²) in [6, 6.07) is 4.09. The molecule has 3 rings (SSSR count). The maximum Gasteiger partial charge on any atom is 0.281 e. The van der Waals surface area contributed by atoms with Gasteiger partial charge in [0, 0.05) is 33.7 Å². The topological polar surface area (TPSA) is 136 Å². The molecule has 1 aliphatic heterocycles. The van der Waals surface area contributed by atoms with Gasteiger partial charge in [0.15, 0.2) is 11.5 Å². The predicted octanol–water partition coefficient (Wildman–Crippen LogP) is 1.57. The van der Waals surface area contributed by atoms with E-state index in [2.05, 4.69) is 36.6 Å². The standard InChI is InChI=1S/C16H21BrFN7O4S/c1-24(2)30(27,28)25-6-5-10(9-25)8-19-15-14(22-29-23-15)16(21-26)20-11-3-4-13(18)12(17)7-11/h3-4,7,10,26H,5-6,8-9H2,1-2H3,(H,19,23)(H,20,21)/t10-/m0/s1. The van der Waals surface area contributed by atoms with Gasteiger partial charge < -0.3 is 5.32 Å². The Kier molecular flexibility index (Phi) is 7.02. The third-order valence-corrected chi connectivity index (χ3v) is 7.07. The van der Waals surface area contributed by atoms with Crippen LogP contribution in [0.3, 0.4) is 0 Å². The lowest BCUT2D eigenvalue weighted by Gasteiger charge is -2.20. The van der Waals surface area contributed by atoms with Crippen molar-refractivity contribution in [3.8, 4) is 0 Å². The second kappa shape index (κ2) is 9.34. The van der Waals surface area contributed by atoms with Gasteiger partial charge in [-0.25, -0.2) is 14.0 Å². The molecule has 0 aliphatic carbocycles. The maximum atomic E-state index is 13.4. The first-order valence-electron chi connectivity index (χ1n) is 8.90. The number of rotatable bonds is 7. The number of nitrogens with zero attached hydrogens (tertiary/aromatic N) is 5. The van der Waals surface area contributed by atoms with Gasteiger partial charge in [-0.3, -0.25) is 10.7 Å². The van der Waals surface area contributed by atoms with Gasteiger partial charge in [0.05, 0.1) is 10.2 Å². The van der Waals surface area contributed by atoms with Crippen molar-refractivity contribution in [3.05, 3.63) is 34.2 Å². The molecule has 1 saturated heterocycles. The number of aliphatic imine (C=N–C) groups is 1. The van der Waals surface area contributed by atoms with Gasteiger partial charge in [-0.15, -0.1) is 0 Å². The van der Waals surface area contributed by atoms with Crippen molar-refractivity contribution in [2.24, 2.45) is 10.9 Å². The number of aromatic nitrogens is 2. The molecule has 1 aromatic carbocycles. The Morgan fingerprint density at radius 3 is 2.90 bits per heavy atom. The molecule has 1 atom stereocenters. The van der Waals surface area contributed by atoms with Gasteiger partial charge in [0.25, 0.3) is 10.2 Å². The van der Waals surface area contributed by atoms with Gasteiger partial charge in [-0.1, -0.05) is 0 Å². The Morgan fingerprint density at radius 2 is 2.23 bits per heavy atom. The second-order valence-corrected chi connectivity index (χ2v) is 9.81. The third-order valence-electron chi connectivity index (χ3n) is 4.56. The van der Waals surface area contributed by atoms with Crippen LogP contribution in [0.2, 0.25) is 0 Å². The Hall–Kier alpha value is -2.13. The summed E-state index contributed by atoms with van der Waals surface area (Å²) in [6.45, 7) is 1.22. The molecule has 3 N–H and O–H groups in total. The molecule has 0 amide bonds. The molecule has 1 fully saturated rings.